The molecule has 7 nitrogen and oxygen atoms in total. The molecule has 0 radical (unpaired) electrons. The first-order valence-electron chi connectivity index (χ1n) is 8.68. The van der Waals surface area contributed by atoms with Gasteiger partial charge in [-0.25, -0.2) is 13.1 Å². The number of hydrogen-bond acceptors (Lipinski definition) is 5. The third kappa shape index (κ3) is 4.13. The van der Waals surface area contributed by atoms with Crippen LogP contribution in [0.2, 0.25) is 0 Å². The van der Waals surface area contributed by atoms with Crippen LogP contribution >= 0.6 is 0 Å². The van der Waals surface area contributed by atoms with Crippen LogP contribution in [0, 0.1) is 13.8 Å². The lowest BCUT2D eigenvalue weighted by Crippen LogP contribution is -2.17. The number of nitrogens with zero attached hydrogens (tertiary/aromatic N) is 2. The quantitative estimate of drug-likeness (QED) is 0.621. The number of aliphatic hydroxyl groups is 1. The summed E-state index contributed by atoms with van der Waals surface area (Å²) in [4.78, 5) is 17.1. The highest BCUT2D eigenvalue weighted by molar-refractivity contribution is 7.91. The number of rotatable bonds is 6. The zero-order valence-electron chi connectivity index (χ0n) is 15.6. The van der Waals surface area contributed by atoms with Crippen molar-refractivity contribution in [1.82, 2.24) is 9.78 Å². The summed E-state index contributed by atoms with van der Waals surface area (Å²) in [5.74, 6) is -0.323. The van der Waals surface area contributed by atoms with Gasteiger partial charge in [0.2, 0.25) is 0 Å². The van der Waals surface area contributed by atoms with Crippen molar-refractivity contribution in [1.29, 1.82) is 0 Å². The maximum absolute atomic E-state index is 12.7. The highest BCUT2D eigenvalue weighted by Gasteiger charge is 2.13. The Kier molecular flexibility index (Phi) is 5.62. The highest BCUT2D eigenvalue weighted by atomic mass is 32.2. The van der Waals surface area contributed by atoms with E-state index >= 15 is 0 Å². The fourth-order valence-corrected chi connectivity index (χ4v) is 3.80. The van der Waals surface area contributed by atoms with Gasteiger partial charge in [0.05, 0.1) is 34.2 Å². The van der Waals surface area contributed by atoms with Crippen LogP contribution in [0.3, 0.4) is 0 Å². The zero-order chi connectivity index (χ0) is 20.3. The predicted molar refractivity (Wildman–Crippen MR) is 109 cm³/mol. The second kappa shape index (κ2) is 7.95. The third-order valence-electron chi connectivity index (χ3n) is 4.28. The molecule has 0 atom stereocenters. The number of nitrogens with one attached hydrogen (secondary N) is 1. The van der Waals surface area contributed by atoms with E-state index < -0.39 is 16.4 Å². The molecule has 1 heterocycles. The number of aryl methyl sites for hydroxylation is 2. The smallest absolute Gasteiger partial charge is 0.280 e. The highest BCUT2D eigenvalue weighted by Crippen LogP contribution is 2.18. The molecule has 0 fully saturated rings. The molecule has 0 bridgehead atoms. The Labute approximate surface area is 162 Å². The van der Waals surface area contributed by atoms with Crippen LogP contribution in [0.4, 0.5) is 5.69 Å². The van der Waals surface area contributed by atoms with Crippen LogP contribution in [-0.2, 0) is 9.84 Å². The van der Waals surface area contributed by atoms with Crippen molar-refractivity contribution >= 4 is 21.7 Å². The monoisotopic (exact) mass is 399 g/mol. The Morgan fingerprint density at radius 3 is 2.50 bits per heavy atom. The lowest BCUT2D eigenvalue weighted by Gasteiger charge is -2.02. The first-order chi connectivity index (χ1) is 13.3. The topological polar surface area (TPSA) is 105 Å². The maximum Gasteiger partial charge on any atom is 0.280 e. The summed E-state index contributed by atoms with van der Waals surface area (Å²) >= 11 is 0. The van der Waals surface area contributed by atoms with E-state index in [1.807, 2.05) is 31.2 Å². The molecule has 0 saturated carbocycles. The van der Waals surface area contributed by atoms with Gasteiger partial charge in [-0.15, -0.1) is 0 Å². The standard InChI is InChI=1S/C20H21N3O4S/c1-14-4-3-5-17(12-14)23-20(25)19(15(2)22-23)13-21-16-6-8-18(9-7-16)28(26,27)11-10-24/h3-9,12-13,22,24H,10-11H2,1-2H3. The van der Waals surface area contributed by atoms with E-state index in [0.717, 1.165) is 11.3 Å². The second-order valence-electron chi connectivity index (χ2n) is 6.42. The van der Waals surface area contributed by atoms with E-state index in [0.29, 0.717) is 16.9 Å². The van der Waals surface area contributed by atoms with Crippen molar-refractivity contribution in [2.75, 3.05) is 12.4 Å². The molecule has 0 aliphatic heterocycles. The Morgan fingerprint density at radius 2 is 1.86 bits per heavy atom. The Bertz CT molecular complexity index is 1170. The van der Waals surface area contributed by atoms with Gasteiger partial charge in [0.1, 0.15) is 0 Å². The summed E-state index contributed by atoms with van der Waals surface area (Å²) in [6.45, 7) is 3.32. The minimum absolute atomic E-state index is 0.125. The molecule has 0 saturated heterocycles. The lowest BCUT2D eigenvalue weighted by atomic mass is 10.2. The van der Waals surface area contributed by atoms with Crippen LogP contribution in [0.25, 0.3) is 5.69 Å². The first-order valence-corrected chi connectivity index (χ1v) is 10.3. The van der Waals surface area contributed by atoms with Crippen LogP contribution in [0.1, 0.15) is 16.8 Å². The molecule has 0 amide bonds. The van der Waals surface area contributed by atoms with Gasteiger partial charge in [-0.3, -0.25) is 14.9 Å². The zero-order valence-corrected chi connectivity index (χ0v) is 16.4. The molecule has 8 heteroatoms. The average Bonchev–Trinajstić information content (AvgIpc) is 2.94. The number of benzene rings is 2. The van der Waals surface area contributed by atoms with Gasteiger partial charge in [0.25, 0.3) is 5.56 Å². The molecule has 146 valence electrons. The number of aromatic nitrogens is 2. The van der Waals surface area contributed by atoms with Crippen molar-refractivity contribution in [3.8, 4) is 5.69 Å². The first kappa shape index (κ1) is 19.8. The van der Waals surface area contributed by atoms with E-state index in [-0.39, 0.29) is 16.2 Å². The van der Waals surface area contributed by atoms with E-state index in [9.17, 15) is 13.2 Å². The van der Waals surface area contributed by atoms with E-state index in [2.05, 4.69) is 10.1 Å². The summed E-state index contributed by atoms with van der Waals surface area (Å²) < 4.78 is 25.3. The molecule has 0 aliphatic carbocycles. The molecule has 2 N–H and O–H groups in total. The van der Waals surface area contributed by atoms with Crippen molar-refractivity contribution in [3.05, 3.63) is 75.7 Å². The van der Waals surface area contributed by atoms with Crippen molar-refractivity contribution in [2.45, 2.75) is 18.7 Å². The second-order valence-corrected chi connectivity index (χ2v) is 8.53. The van der Waals surface area contributed by atoms with Crippen LogP contribution in [0.5, 0.6) is 0 Å². The van der Waals surface area contributed by atoms with Crippen molar-refractivity contribution in [2.24, 2.45) is 4.99 Å². The number of aliphatic hydroxyl groups excluding tert-OH is 1. The number of sulfone groups is 1. The fourth-order valence-electron chi connectivity index (χ4n) is 2.78. The molecule has 0 aliphatic rings. The van der Waals surface area contributed by atoms with Crippen LogP contribution < -0.4 is 5.56 Å². The summed E-state index contributed by atoms with van der Waals surface area (Å²) in [6, 6.07) is 13.6. The van der Waals surface area contributed by atoms with E-state index in [4.69, 9.17) is 5.11 Å². The summed E-state index contributed by atoms with van der Waals surface area (Å²) in [7, 11) is -3.50. The molecule has 28 heavy (non-hydrogen) atoms. The fraction of sp³-hybridized carbons (Fsp3) is 0.200. The number of H-pyrrole nitrogens is 1. The van der Waals surface area contributed by atoms with Crippen LogP contribution in [0.15, 0.2) is 63.2 Å². The largest absolute Gasteiger partial charge is 0.395 e. The van der Waals surface area contributed by atoms with Gasteiger partial charge in [-0.05, 0) is 55.8 Å². The van der Waals surface area contributed by atoms with Crippen LogP contribution in [-0.4, -0.2) is 41.9 Å². The van der Waals surface area contributed by atoms with Crippen molar-refractivity contribution in [3.63, 3.8) is 0 Å². The van der Waals surface area contributed by atoms with Gasteiger partial charge in [-0.2, -0.15) is 0 Å². The van der Waals surface area contributed by atoms with Gasteiger partial charge < -0.3 is 5.11 Å². The number of aliphatic imine (C=N–C) groups is 1. The molecule has 1 aromatic heterocycles. The van der Waals surface area contributed by atoms with E-state index in [1.165, 1.54) is 23.0 Å². The van der Waals surface area contributed by atoms with Crippen molar-refractivity contribution < 1.29 is 13.5 Å². The molecule has 3 rings (SSSR count). The van der Waals surface area contributed by atoms with Gasteiger partial charge in [-0.1, -0.05) is 12.1 Å². The summed E-state index contributed by atoms with van der Waals surface area (Å²) in [6.07, 6.45) is 1.47. The molecular formula is C20H21N3O4S. The van der Waals surface area contributed by atoms with Gasteiger partial charge >= 0.3 is 0 Å². The summed E-state index contributed by atoms with van der Waals surface area (Å²) in [5, 5.41) is 11.9. The minimum atomic E-state index is -3.50. The molecule has 2 aromatic carbocycles. The third-order valence-corrected chi connectivity index (χ3v) is 5.99. The lowest BCUT2D eigenvalue weighted by molar-refractivity contribution is 0.319. The average molecular weight is 399 g/mol. The maximum atomic E-state index is 12.7. The molecule has 3 aromatic rings. The Morgan fingerprint density at radius 1 is 1.14 bits per heavy atom. The molecule has 0 unspecified atom stereocenters. The minimum Gasteiger partial charge on any atom is -0.395 e. The van der Waals surface area contributed by atoms with E-state index in [1.54, 1.807) is 19.1 Å². The molecular weight excluding hydrogens is 378 g/mol. The number of hydrogen-bond donors (Lipinski definition) is 2. The van der Waals surface area contributed by atoms with Gasteiger partial charge in [0.15, 0.2) is 9.84 Å². The Hall–Kier alpha value is -2.97. The Balaban J connectivity index is 1.88. The number of aromatic amines is 1. The molecule has 0 spiro atoms. The summed E-state index contributed by atoms with van der Waals surface area (Å²) in [5.41, 5.74) is 3.20. The van der Waals surface area contributed by atoms with Gasteiger partial charge in [0, 0.05) is 11.9 Å². The predicted octanol–water partition coefficient (Wildman–Crippen LogP) is 2.30. The SMILES string of the molecule is Cc1cccc(-n2[nH]c(C)c(C=Nc3ccc(S(=O)(=O)CCO)cc3)c2=O)c1. The normalized spacial score (nSPS) is 12.0.